The van der Waals surface area contributed by atoms with E-state index in [0.29, 0.717) is 5.56 Å². The summed E-state index contributed by atoms with van der Waals surface area (Å²) in [6.07, 6.45) is 4.07. The van der Waals surface area contributed by atoms with Crippen molar-refractivity contribution in [1.29, 1.82) is 0 Å². The zero-order chi connectivity index (χ0) is 11.7. The molecule has 0 aromatic heterocycles. The maximum atomic E-state index is 10.8. The van der Waals surface area contributed by atoms with Gasteiger partial charge in [0.1, 0.15) is 5.75 Å². The van der Waals surface area contributed by atoms with E-state index in [4.69, 9.17) is 5.11 Å². The Kier molecular flexibility index (Phi) is 2.86. The molecule has 0 heterocycles. The number of carboxylic acids is 1. The molecule has 0 fully saturated rings. The minimum Gasteiger partial charge on any atom is -0.508 e. The van der Waals surface area contributed by atoms with Gasteiger partial charge in [0, 0.05) is 5.56 Å². The third kappa shape index (κ3) is 1.90. The number of phenols is 1. The molecule has 0 saturated heterocycles. The molecule has 1 aromatic rings. The van der Waals surface area contributed by atoms with E-state index >= 15 is 0 Å². The average molecular weight is 220 g/mol. The van der Waals surface area contributed by atoms with E-state index in [2.05, 4.69) is 0 Å². The Bertz CT molecular complexity index is 435. The van der Waals surface area contributed by atoms with Gasteiger partial charge in [-0.1, -0.05) is 0 Å². The molecule has 1 aromatic carbocycles. The molecule has 0 atom stereocenters. The van der Waals surface area contributed by atoms with Crippen molar-refractivity contribution < 1.29 is 15.0 Å². The van der Waals surface area contributed by atoms with Crippen LogP contribution in [0.1, 0.15) is 35.1 Å². The number of carboxylic acid groups (broad SMARTS) is 1. The van der Waals surface area contributed by atoms with Crippen molar-refractivity contribution >= 4 is 5.97 Å². The highest BCUT2D eigenvalue weighted by Gasteiger charge is 2.20. The van der Waals surface area contributed by atoms with Gasteiger partial charge >= 0.3 is 5.97 Å². The number of carbonyl (C=O) groups is 1. The number of fused-ring (bicyclic) bond motifs is 1. The predicted molar refractivity (Wildman–Crippen MR) is 60.8 cm³/mol. The van der Waals surface area contributed by atoms with Gasteiger partial charge in [-0.25, -0.2) is 0 Å². The maximum absolute atomic E-state index is 10.8. The Morgan fingerprint density at radius 2 is 1.94 bits per heavy atom. The summed E-state index contributed by atoms with van der Waals surface area (Å²) in [5.41, 5.74) is 4.03. The lowest BCUT2D eigenvalue weighted by Gasteiger charge is -2.22. The van der Waals surface area contributed by atoms with Gasteiger partial charge in [-0.15, -0.1) is 0 Å². The summed E-state index contributed by atoms with van der Waals surface area (Å²) >= 11 is 0. The third-order valence-electron chi connectivity index (χ3n) is 3.30. The van der Waals surface area contributed by atoms with Crippen molar-refractivity contribution in [2.75, 3.05) is 0 Å². The van der Waals surface area contributed by atoms with Crippen LogP contribution in [0.25, 0.3) is 0 Å². The van der Waals surface area contributed by atoms with Crippen LogP contribution in [-0.4, -0.2) is 16.2 Å². The van der Waals surface area contributed by atoms with Gasteiger partial charge in [0.25, 0.3) is 0 Å². The summed E-state index contributed by atoms with van der Waals surface area (Å²) in [6.45, 7) is 1.98. The Morgan fingerprint density at radius 3 is 2.56 bits per heavy atom. The van der Waals surface area contributed by atoms with Crippen LogP contribution in [0.2, 0.25) is 0 Å². The summed E-state index contributed by atoms with van der Waals surface area (Å²) in [7, 11) is 0. The van der Waals surface area contributed by atoms with Gasteiger partial charge in [0.2, 0.25) is 0 Å². The molecule has 0 spiro atoms. The van der Waals surface area contributed by atoms with Gasteiger partial charge < -0.3 is 10.2 Å². The average Bonchev–Trinajstić information content (AvgIpc) is 2.24. The second-order valence-corrected chi connectivity index (χ2v) is 4.43. The third-order valence-corrected chi connectivity index (χ3v) is 3.30. The Labute approximate surface area is 94.7 Å². The number of hydrogen-bond acceptors (Lipinski definition) is 2. The fourth-order valence-electron chi connectivity index (χ4n) is 2.56. The van der Waals surface area contributed by atoms with Gasteiger partial charge in [0.05, 0.1) is 6.42 Å². The molecule has 16 heavy (non-hydrogen) atoms. The largest absolute Gasteiger partial charge is 0.508 e. The topological polar surface area (TPSA) is 57.5 Å². The van der Waals surface area contributed by atoms with E-state index in [-0.39, 0.29) is 12.2 Å². The van der Waals surface area contributed by atoms with E-state index in [1.165, 1.54) is 5.56 Å². The molecule has 86 valence electrons. The molecule has 0 amide bonds. The van der Waals surface area contributed by atoms with Crippen molar-refractivity contribution in [1.82, 2.24) is 0 Å². The highest BCUT2D eigenvalue weighted by Crippen LogP contribution is 2.33. The van der Waals surface area contributed by atoms with E-state index in [1.807, 2.05) is 6.92 Å². The van der Waals surface area contributed by atoms with Crippen LogP contribution in [0.3, 0.4) is 0 Å². The van der Waals surface area contributed by atoms with Gasteiger partial charge in [-0.05, 0) is 55.4 Å². The summed E-state index contributed by atoms with van der Waals surface area (Å²) in [6, 6.07) is 1.70. The molecule has 1 aliphatic carbocycles. The second-order valence-electron chi connectivity index (χ2n) is 4.43. The lowest BCUT2D eigenvalue weighted by molar-refractivity contribution is -0.136. The van der Waals surface area contributed by atoms with Crippen molar-refractivity contribution in [3.8, 4) is 5.75 Å². The molecule has 3 nitrogen and oxygen atoms in total. The minimum absolute atomic E-state index is 0.0750. The highest BCUT2D eigenvalue weighted by atomic mass is 16.4. The molecule has 3 heteroatoms. The normalized spacial score (nSPS) is 14.6. The maximum Gasteiger partial charge on any atom is 0.307 e. The Morgan fingerprint density at radius 1 is 1.31 bits per heavy atom. The Balaban J connectivity index is 2.54. The van der Waals surface area contributed by atoms with E-state index in [1.54, 1.807) is 6.07 Å². The number of rotatable bonds is 2. The first kappa shape index (κ1) is 11.0. The van der Waals surface area contributed by atoms with Crippen molar-refractivity contribution in [2.45, 2.75) is 39.0 Å². The molecule has 2 rings (SSSR count). The van der Waals surface area contributed by atoms with Crippen LogP contribution in [0.5, 0.6) is 5.75 Å². The van der Waals surface area contributed by atoms with Gasteiger partial charge in [0.15, 0.2) is 0 Å². The zero-order valence-electron chi connectivity index (χ0n) is 9.42. The minimum atomic E-state index is -0.882. The molecule has 0 unspecified atom stereocenters. The van der Waals surface area contributed by atoms with Gasteiger partial charge in [-0.2, -0.15) is 0 Å². The summed E-state index contributed by atoms with van der Waals surface area (Å²) in [4.78, 5) is 10.8. The number of benzene rings is 1. The van der Waals surface area contributed by atoms with Crippen LogP contribution >= 0.6 is 0 Å². The smallest absolute Gasteiger partial charge is 0.307 e. The molecule has 0 radical (unpaired) electrons. The molecule has 0 saturated carbocycles. The Hall–Kier alpha value is -1.51. The first-order valence-corrected chi connectivity index (χ1v) is 5.64. The van der Waals surface area contributed by atoms with Crippen LogP contribution < -0.4 is 0 Å². The van der Waals surface area contributed by atoms with Crippen molar-refractivity contribution in [2.24, 2.45) is 0 Å². The van der Waals surface area contributed by atoms with Crippen LogP contribution in [0.4, 0.5) is 0 Å². The van der Waals surface area contributed by atoms with E-state index < -0.39 is 5.97 Å². The summed E-state index contributed by atoms with van der Waals surface area (Å²) < 4.78 is 0. The molecule has 0 bridgehead atoms. The number of hydrogen-bond donors (Lipinski definition) is 2. The van der Waals surface area contributed by atoms with E-state index in [0.717, 1.165) is 36.8 Å². The SMILES string of the molecule is Cc1cc(O)c(CC(=O)O)c2c1CCCC2. The van der Waals surface area contributed by atoms with Crippen LogP contribution in [-0.2, 0) is 24.1 Å². The predicted octanol–water partition coefficient (Wildman–Crippen LogP) is 2.21. The molecule has 2 N–H and O–H groups in total. The number of aliphatic carboxylic acids is 1. The fraction of sp³-hybridized carbons (Fsp3) is 0.462. The second kappa shape index (κ2) is 4.16. The van der Waals surface area contributed by atoms with Crippen molar-refractivity contribution in [3.05, 3.63) is 28.3 Å². The monoisotopic (exact) mass is 220 g/mol. The standard InChI is InChI=1S/C13H16O3/c1-8-6-12(14)11(7-13(15)16)10-5-3-2-4-9(8)10/h6,14H,2-5,7H2,1H3,(H,15,16). The lowest BCUT2D eigenvalue weighted by atomic mass is 9.84. The first-order valence-electron chi connectivity index (χ1n) is 5.64. The first-order chi connectivity index (χ1) is 7.59. The van der Waals surface area contributed by atoms with Crippen molar-refractivity contribution in [3.63, 3.8) is 0 Å². The van der Waals surface area contributed by atoms with Crippen LogP contribution in [0, 0.1) is 6.92 Å². The fourth-order valence-corrected chi connectivity index (χ4v) is 2.56. The number of phenolic OH excluding ortho intramolecular Hbond substituents is 1. The lowest BCUT2D eigenvalue weighted by Crippen LogP contribution is -2.11. The van der Waals surface area contributed by atoms with Gasteiger partial charge in [-0.3, -0.25) is 4.79 Å². The highest BCUT2D eigenvalue weighted by molar-refractivity contribution is 5.72. The summed E-state index contributed by atoms with van der Waals surface area (Å²) in [5.74, 6) is -0.743. The number of aryl methyl sites for hydroxylation is 1. The molecular formula is C13H16O3. The number of aromatic hydroxyl groups is 1. The molecule has 1 aliphatic rings. The molecule has 0 aliphatic heterocycles. The van der Waals surface area contributed by atoms with Crippen LogP contribution in [0.15, 0.2) is 6.07 Å². The molecular weight excluding hydrogens is 204 g/mol. The quantitative estimate of drug-likeness (QED) is 0.803. The summed E-state index contributed by atoms with van der Waals surface area (Å²) in [5, 5.41) is 18.7. The van der Waals surface area contributed by atoms with E-state index in [9.17, 15) is 9.90 Å². The zero-order valence-corrected chi connectivity index (χ0v) is 9.42.